The van der Waals surface area contributed by atoms with E-state index in [-0.39, 0.29) is 46.7 Å². The maximum absolute atomic E-state index is 15.4. The van der Waals surface area contributed by atoms with Crippen LogP contribution in [0, 0.1) is 5.82 Å². The zero-order valence-electron chi connectivity index (χ0n) is 23.4. The minimum absolute atomic E-state index is 0.0426. The fourth-order valence-corrected chi connectivity index (χ4v) is 6.78. The Morgan fingerprint density at radius 3 is 2.54 bits per heavy atom. The summed E-state index contributed by atoms with van der Waals surface area (Å²) in [4.78, 5) is 14.4. The molecule has 0 atom stereocenters. The van der Waals surface area contributed by atoms with E-state index in [9.17, 15) is 22.7 Å². The summed E-state index contributed by atoms with van der Waals surface area (Å²) in [5.74, 6) is 0.00407. The molecule has 1 fully saturated rings. The number of anilines is 2. The van der Waals surface area contributed by atoms with Gasteiger partial charge in [-0.1, -0.05) is 0 Å². The maximum atomic E-state index is 15.4. The van der Waals surface area contributed by atoms with E-state index in [4.69, 9.17) is 9.84 Å². The van der Waals surface area contributed by atoms with Gasteiger partial charge in [0.1, 0.15) is 11.4 Å². The molecule has 1 saturated heterocycles. The Morgan fingerprint density at radius 2 is 1.93 bits per heavy atom. The van der Waals surface area contributed by atoms with E-state index in [0.29, 0.717) is 36.9 Å². The number of nitrogens with zero attached hydrogens (tertiary/aromatic N) is 5. The summed E-state index contributed by atoms with van der Waals surface area (Å²) in [7, 11) is -0.976. The summed E-state index contributed by atoms with van der Waals surface area (Å²) in [6, 6.07) is 2.02. The van der Waals surface area contributed by atoms with Crippen molar-refractivity contribution in [1.82, 2.24) is 24.5 Å². The second-order valence-corrected chi connectivity index (χ2v) is 14.0. The summed E-state index contributed by atoms with van der Waals surface area (Å²) in [6.45, 7) is 5.83. The third kappa shape index (κ3) is 6.33. The molecular weight excluding hydrogens is 561 g/mol. The van der Waals surface area contributed by atoms with E-state index in [1.54, 1.807) is 27.8 Å². The lowest BCUT2D eigenvalue weighted by Gasteiger charge is -2.39. The fraction of sp³-hybridized carbons (Fsp3) is 0.519. The van der Waals surface area contributed by atoms with Crippen LogP contribution in [0.2, 0.25) is 0 Å². The monoisotopic (exact) mass is 596 g/mol. The number of carbonyl (C=O) groups is 1. The zero-order chi connectivity index (χ0) is 29.7. The van der Waals surface area contributed by atoms with Gasteiger partial charge in [-0.15, -0.1) is 0 Å². The van der Waals surface area contributed by atoms with Crippen molar-refractivity contribution in [3.63, 3.8) is 0 Å². The van der Waals surface area contributed by atoms with Crippen LogP contribution in [-0.4, -0.2) is 63.3 Å². The lowest BCUT2D eigenvalue weighted by molar-refractivity contribution is 0.0222. The van der Waals surface area contributed by atoms with Crippen molar-refractivity contribution in [2.24, 2.45) is 7.05 Å². The van der Waals surface area contributed by atoms with Gasteiger partial charge in [0.15, 0.2) is 5.82 Å². The standard InChI is InChI=1S/C27H35F3N6O4S/c1-27(2,3)40-26(37)35-8-5-23-20(15-35)25(33-36(23)17-6-9-41(38,39)10-7-17)32-22-12-19(24(29)30)18(11-21(22)28)16-13-31-34(4)14-16/h11-14,17,24,38-39H,5-10,15H2,1-4H3,(H,32,33). The predicted molar refractivity (Wildman–Crippen MR) is 150 cm³/mol. The summed E-state index contributed by atoms with van der Waals surface area (Å²) >= 11 is 0. The number of halogens is 3. The summed E-state index contributed by atoms with van der Waals surface area (Å²) in [6.07, 6.45) is 1.00. The molecule has 2 aliphatic heterocycles. The van der Waals surface area contributed by atoms with Gasteiger partial charge in [-0.25, -0.2) is 18.0 Å². The molecule has 2 aliphatic rings. The normalized spacial score (nSPS) is 18.3. The van der Waals surface area contributed by atoms with E-state index < -0.39 is 34.5 Å². The molecule has 0 unspecified atom stereocenters. The van der Waals surface area contributed by atoms with E-state index >= 15 is 4.39 Å². The average Bonchev–Trinajstić information content (AvgIpc) is 3.47. The highest BCUT2D eigenvalue weighted by atomic mass is 32.3. The third-order valence-electron chi connectivity index (χ3n) is 7.28. The summed E-state index contributed by atoms with van der Waals surface area (Å²) < 4.78 is 72.7. The fourth-order valence-electron chi connectivity index (χ4n) is 5.28. The largest absolute Gasteiger partial charge is 0.444 e. The molecule has 0 spiro atoms. The quantitative estimate of drug-likeness (QED) is 0.309. The Hall–Kier alpha value is -3.23. The van der Waals surface area contributed by atoms with Crippen molar-refractivity contribution in [3.05, 3.63) is 47.2 Å². The number of ether oxygens (including phenoxy) is 1. The van der Waals surface area contributed by atoms with Crippen LogP contribution in [0.15, 0.2) is 24.5 Å². The molecule has 41 heavy (non-hydrogen) atoms. The molecule has 0 radical (unpaired) electrons. The van der Waals surface area contributed by atoms with Crippen molar-refractivity contribution < 1.29 is 31.8 Å². The Balaban J connectivity index is 1.51. The number of nitrogens with one attached hydrogen (secondary N) is 1. The molecule has 0 saturated carbocycles. The van der Waals surface area contributed by atoms with Crippen LogP contribution in [0.25, 0.3) is 11.1 Å². The molecule has 4 heterocycles. The van der Waals surface area contributed by atoms with Crippen LogP contribution in [0.3, 0.4) is 0 Å². The molecule has 1 aromatic carbocycles. The first-order valence-corrected chi connectivity index (χ1v) is 15.3. The van der Waals surface area contributed by atoms with Crippen LogP contribution in [0.4, 0.5) is 29.5 Å². The Bertz CT molecular complexity index is 1440. The number of fused-ring (bicyclic) bond motifs is 1. The smallest absolute Gasteiger partial charge is 0.410 e. The second kappa shape index (κ2) is 10.9. The number of amides is 1. The van der Waals surface area contributed by atoms with E-state index in [1.165, 1.54) is 22.0 Å². The maximum Gasteiger partial charge on any atom is 0.410 e. The number of hydrogen-bond acceptors (Lipinski definition) is 7. The van der Waals surface area contributed by atoms with Gasteiger partial charge in [0, 0.05) is 60.1 Å². The van der Waals surface area contributed by atoms with Gasteiger partial charge >= 0.3 is 6.09 Å². The van der Waals surface area contributed by atoms with Crippen LogP contribution in [0.1, 0.15) is 62.9 Å². The molecular formula is C27H35F3N6O4S. The molecule has 14 heteroatoms. The van der Waals surface area contributed by atoms with Crippen molar-refractivity contribution in [2.45, 2.75) is 64.6 Å². The van der Waals surface area contributed by atoms with Crippen LogP contribution >= 0.6 is 10.6 Å². The minimum Gasteiger partial charge on any atom is -0.444 e. The third-order valence-corrected chi connectivity index (χ3v) is 9.06. The zero-order valence-corrected chi connectivity index (χ0v) is 24.2. The molecule has 224 valence electrons. The van der Waals surface area contributed by atoms with E-state index in [1.807, 2.05) is 4.68 Å². The van der Waals surface area contributed by atoms with Crippen molar-refractivity contribution in [3.8, 4) is 11.1 Å². The van der Waals surface area contributed by atoms with Gasteiger partial charge in [-0.2, -0.15) is 20.8 Å². The predicted octanol–water partition coefficient (Wildman–Crippen LogP) is 6.48. The molecule has 10 nitrogen and oxygen atoms in total. The van der Waals surface area contributed by atoms with Gasteiger partial charge in [-0.05, 0) is 51.3 Å². The van der Waals surface area contributed by atoms with Gasteiger partial charge in [0.25, 0.3) is 6.43 Å². The molecule has 0 aliphatic carbocycles. The van der Waals surface area contributed by atoms with Crippen molar-refractivity contribution in [1.29, 1.82) is 0 Å². The van der Waals surface area contributed by atoms with Gasteiger partial charge in [0.05, 0.1) is 24.5 Å². The lowest BCUT2D eigenvalue weighted by atomic mass is 10.0. The molecule has 5 rings (SSSR count). The first kappa shape index (κ1) is 29.3. The molecule has 3 aromatic rings. The number of rotatable bonds is 5. The Labute approximate surface area is 237 Å². The number of alkyl halides is 2. The second-order valence-electron chi connectivity index (χ2n) is 11.6. The Morgan fingerprint density at radius 1 is 1.22 bits per heavy atom. The van der Waals surface area contributed by atoms with Gasteiger partial charge < -0.3 is 15.0 Å². The summed E-state index contributed by atoms with van der Waals surface area (Å²) in [5.41, 5.74) is 0.646. The van der Waals surface area contributed by atoms with Crippen LogP contribution in [-0.2, 0) is 24.8 Å². The van der Waals surface area contributed by atoms with E-state index in [2.05, 4.69) is 10.4 Å². The van der Waals surface area contributed by atoms with Gasteiger partial charge in [0.2, 0.25) is 0 Å². The lowest BCUT2D eigenvalue weighted by Crippen LogP contribution is -2.40. The first-order valence-electron chi connectivity index (χ1n) is 13.4. The number of aromatic nitrogens is 4. The number of benzene rings is 1. The van der Waals surface area contributed by atoms with Crippen molar-refractivity contribution in [2.75, 3.05) is 23.4 Å². The van der Waals surface area contributed by atoms with Crippen LogP contribution < -0.4 is 5.32 Å². The molecule has 2 aromatic heterocycles. The molecule has 3 N–H and O–H groups in total. The van der Waals surface area contributed by atoms with E-state index in [0.717, 1.165) is 17.8 Å². The SMILES string of the molecule is Cn1cc(-c2cc(F)c(Nc3nn(C4CCS(O)(O)CC4)c4c3CN(C(=O)OC(C)(C)C)CC4)cc2C(F)F)cn1. The highest BCUT2D eigenvalue weighted by Gasteiger charge is 2.34. The summed E-state index contributed by atoms with van der Waals surface area (Å²) in [5, 5.41) is 11.7. The highest BCUT2D eigenvalue weighted by Crippen LogP contribution is 2.48. The number of carbonyl (C=O) groups excluding carboxylic acids is 1. The average molecular weight is 597 g/mol. The highest BCUT2D eigenvalue weighted by molar-refractivity contribution is 8.24. The van der Waals surface area contributed by atoms with Crippen LogP contribution in [0.5, 0.6) is 0 Å². The molecule has 1 amide bonds. The number of hydrogen-bond donors (Lipinski definition) is 3. The van der Waals surface area contributed by atoms with Gasteiger partial charge in [-0.3, -0.25) is 18.5 Å². The topological polar surface area (TPSA) is 118 Å². The van der Waals surface area contributed by atoms with Crippen molar-refractivity contribution >= 4 is 28.2 Å². The molecule has 0 bridgehead atoms. The first-order chi connectivity index (χ1) is 19.2. The minimum atomic E-state index is -2.87. The Kier molecular flexibility index (Phi) is 7.76. The number of aryl methyl sites for hydroxylation is 1.